The maximum absolute atomic E-state index is 12.6. The van der Waals surface area contributed by atoms with Crippen molar-refractivity contribution in [2.45, 2.75) is 12.5 Å². The molecule has 0 spiro atoms. The summed E-state index contributed by atoms with van der Waals surface area (Å²) in [5.74, 6) is -0.172. The Morgan fingerprint density at radius 2 is 1.89 bits per heavy atom. The number of ether oxygens (including phenoxy) is 1. The summed E-state index contributed by atoms with van der Waals surface area (Å²) in [4.78, 5) is 21.3. The van der Waals surface area contributed by atoms with Crippen molar-refractivity contribution in [3.63, 3.8) is 0 Å². The summed E-state index contributed by atoms with van der Waals surface area (Å²) in [5, 5.41) is 6.14. The van der Waals surface area contributed by atoms with Gasteiger partial charge in [-0.25, -0.2) is 5.01 Å². The third-order valence-corrected chi connectivity index (χ3v) is 5.02. The normalized spacial score (nSPS) is 16.6. The average Bonchev–Trinajstić information content (AvgIpc) is 3.14. The highest BCUT2D eigenvalue weighted by Crippen LogP contribution is 2.34. The Balaban J connectivity index is 1.71. The zero-order valence-corrected chi connectivity index (χ0v) is 16.3. The van der Waals surface area contributed by atoms with E-state index in [4.69, 9.17) is 4.74 Å². The molecule has 0 fully saturated rings. The highest BCUT2D eigenvalue weighted by atomic mass is 79.9. The Morgan fingerprint density at radius 1 is 1.15 bits per heavy atom. The van der Waals surface area contributed by atoms with Gasteiger partial charge in [-0.1, -0.05) is 34.1 Å². The minimum absolute atomic E-state index is 0.0129. The molecule has 136 valence electrons. The number of amides is 1. The van der Waals surface area contributed by atoms with Gasteiger partial charge in [0.25, 0.3) is 5.91 Å². The molecule has 2 aromatic carbocycles. The summed E-state index contributed by atoms with van der Waals surface area (Å²) in [7, 11) is 1.51. The first-order chi connectivity index (χ1) is 13.2. The lowest BCUT2D eigenvalue weighted by Crippen LogP contribution is -2.30. The molecule has 0 N–H and O–H groups in total. The van der Waals surface area contributed by atoms with Gasteiger partial charge in [0.2, 0.25) is 0 Å². The van der Waals surface area contributed by atoms with E-state index in [1.807, 2.05) is 42.5 Å². The first-order valence-electron chi connectivity index (χ1n) is 8.51. The van der Waals surface area contributed by atoms with Crippen LogP contribution in [0.25, 0.3) is 11.0 Å². The predicted molar refractivity (Wildman–Crippen MR) is 106 cm³/mol. The van der Waals surface area contributed by atoms with Crippen LogP contribution in [0.1, 0.15) is 23.6 Å². The van der Waals surface area contributed by atoms with Crippen molar-refractivity contribution in [3.05, 3.63) is 70.5 Å². The summed E-state index contributed by atoms with van der Waals surface area (Å²) >= 11 is 3.45. The number of halogens is 1. The lowest BCUT2D eigenvalue weighted by Gasteiger charge is -2.21. The first-order valence-corrected chi connectivity index (χ1v) is 9.30. The Hall–Kier alpha value is -2.64. The van der Waals surface area contributed by atoms with Gasteiger partial charge in [0, 0.05) is 30.4 Å². The molecule has 0 aliphatic carbocycles. The lowest BCUT2D eigenvalue weighted by molar-refractivity contribution is -0.136. The van der Waals surface area contributed by atoms with Crippen LogP contribution in [-0.4, -0.2) is 40.3 Å². The van der Waals surface area contributed by atoms with E-state index in [1.165, 1.54) is 12.1 Å². The van der Waals surface area contributed by atoms with Gasteiger partial charge in [-0.05, 0) is 35.4 Å². The molecule has 0 saturated heterocycles. The SMILES string of the molecule is COCC(=O)N1N=C(c2ccc(Br)cc2)C[C@H]1c1ccc2nccnc2c1. The maximum atomic E-state index is 12.6. The van der Waals surface area contributed by atoms with Gasteiger partial charge >= 0.3 is 0 Å². The van der Waals surface area contributed by atoms with Crippen molar-refractivity contribution < 1.29 is 9.53 Å². The molecular weight excluding hydrogens is 408 g/mol. The summed E-state index contributed by atoms with van der Waals surface area (Å²) in [6.07, 6.45) is 3.96. The van der Waals surface area contributed by atoms with E-state index in [1.54, 1.807) is 12.4 Å². The number of aromatic nitrogens is 2. The van der Waals surface area contributed by atoms with Crippen LogP contribution < -0.4 is 0 Å². The van der Waals surface area contributed by atoms with Crippen LogP contribution in [0, 0.1) is 0 Å². The number of rotatable bonds is 4. The molecule has 1 aliphatic rings. The van der Waals surface area contributed by atoms with Gasteiger partial charge in [0.1, 0.15) is 6.61 Å². The Morgan fingerprint density at radius 3 is 2.63 bits per heavy atom. The number of methoxy groups -OCH3 is 1. The standard InChI is InChI=1S/C20H17BrN4O2/c1-27-12-20(26)25-19(11-17(24-25)13-2-5-15(21)6-3-13)14-4-7-16-18(10-14)23-9-8-22-16/h2-10,19H,11-12H2,1H3/t19-/m0/s1. The van der Waals surface area contributed by atoms with Crippen molar-refractivity contribution in [1.82, 2.24) is 15.0 Å². The second-order valence-corrected chi connectivity index (χ2v) is 7.16. The largest absolute Gasteiger partial charge is 0.375 e. The van der Waals surface area contributed by atoms with Gasteiger partial charge in [-0.2, -0.15) is 5.10 Å². The molecular formula is C20H17BrN4O2. The number of benzene rings is 2. The van der Waals surface area contributed by atoms with Gasteiger partial charge in [0.05, 0.1) is 22.8 Å². The molecule has 2 heterocycles. The maximum Gasteiger partial charge on any atom is 0.269 e. The van der Waals surface area contributed by atoms with E-state index in [2.05, 4.69) is 31.0 Å². The fourth-order valence-corrected chi connectivity index (χ4v) is 3.46. The summed E-state index contributed by atoms with van der Waals surface area (Å²) < 4.78 is 6.04. The van der Waals surface area contributed by atoms with E-state index in [0.29, 0.717) is 6.42 Å². The van der Waals surface area contributed by atoms with E-state index < -0.39 is 0 Å². The number of carbonyl (C=O) groups excluding carboxylic acids is 1. The molecule has 0 radical (unpaired) electrons. The lowest BCUT2D eigenvalue weighted by atomic mass is 9.98. The van der Waals surface area contributed by atoms with E-state index in [9.17, 15) is 4.79 Å². The smallest absolute Gasteiger partial charge is 0.269 e. The fraction of sp³-hybridized carbons (Fsp3) is 0.200. The van der Waals surface area contributed by atoms with E-state index in [0.717, 1.165) is 32.3 Å². The third-order valence-electron chi connectivity index (χ3n) is 4.49. The van der Waals surface area contributed by atoms with Crippen LogP contribution in [-0.2, 0) is 9.53 Å². The number of hydrazone groups is 1. The summed E-state index contributed by atoms with van der Waals surface area (Å²) in [6.45, 7) is -0.0129. The molecule has 1 atom stereocenters. The molecule has 4 rings (SSSR count). The quantitative estimate of drug-likeness (QED) is 0.639. The zero-order chi connectivity index (χ0) is 18.8. The number of hydrogen-bond acceptors (Lipinski definition) is 5. The second kappa shape index (κ2) is 7.54. The van der Waals surface area contributed by atoms with Crippen LogP contribution in [0.5, 0.6) is 0 Å². The van der Waals surface area contributed by atoms with Crippen LogP contribution in [0.2, 0.25) is 0 Å². The average molecular weight is 425 g/mol. The van der Waals surface area contributed by atoms with Crippen molar-refractivity contribution >= 4 is 38.6 Å². The van der Waals surface area contributed by atoms with Crippen molar-refractivity contribution in [2.75, 3.05) is 13.7 Å². The predicted octanol–water partition coefficient (Wildman–Crippen LogP) is 3.72. The molecule has 6 nitrogen and oxygen atoms in total. The molecule has 1 aromatic heterocycles. The Labute approximate surface area is 165 Å². The zero-order valence-electron chi connectivity index (χ0n) is 14.7. The molecule has 1 amide bonds. The monoisotopic (exact) mass is 424 g/mol. The number of fused-ring (bicyclic) bond motifs is 1. The van der Waals surface area contributed by atoms with Gasteiger partial charge in [0.15, 0.2) is 0 Å². The van der Waals surface area contributed by atoms with Crippen LogP contribution in [0.4, 0.5) is 0 Å². The van der Waals surface area contributed by atoms with Crippen molar-refractivity contribution in [3.8, 4) is 0 Å². The van der Waals surface area contributed by atoms with Gasteiger partial charge in [-0.15, -0.1) is 0 Å². The first kappa shape index (κ1) is 17.8. The minimum atomic E-state index is -0.197. The van der Waals surface area contributed by atoms with E-state index in [-0.39, 0.29) is 18.6 Å². The molecule has 0 bridgehead atoms. The molecule has 0 saturated carbocycles. The van der Waals surface area contributed by atoms with Crippen LogP contribution in [0.3, 0.4) is 0 Å². The Kier molecular flexibility index (Phi) is 4.96. The van der Waals surface area contributed by atoms with Gasteiger partial charge < -0.3 is 4.74 Å². The fourth-order valence-electron chi connectivity index (χ4n) is 3.19. The highest BCUT2D eigenvalue weighted by molar-refractivity contribution is 9.10. The van der Waals surface area contributed by atoms with Gasteiger partial charge in [-0.3, -0.25) is 14.8 Å². The van der Waals surface area contributed by atoms with Crippen molar-refractivity contribution in [1.29, 1.82) is 0 Å². The second-order valence-electron chi connectivity index (χ2n) is 6.25. The molecule has 27 heavy (non-hydrogen) atoms. The summed E-state index contributed by atoms with van der Waals surface area (Å²) in [6, 6.07) is 13.6. The van der Waals surface area contributed by atoms with Crippen LogP contribution >= 0.6 is 15.9 Å². The number of carbonyl (C=O) groups is 1. The minimum Gasteiger partial charge on any atom is -0.375 e. The van der Waals surface area contributed by atoms with E-state index >= 15 is 0 Å². The third kappa shape index (κ3) is 3.61. The topological polar surface area (TPSA) is 67.7 Å². The Bertz CT molecular complexity index is 1020. The highest BCUT2D eigenvalue weighted by Gasteiger charge is 2.33. The molecule has 1 aliphatic heterocycles. The molecule has 3 aromatic rings. The summed E-state index contributed by atoms with van der Waals surface area (Å²) in [5.41, 5.74) is 4.46. The molecule has 7 heteroatoms. The van der Waals surface area contributed by atoms with Crippen LogP contribution in [0.15, 0.2) is 64.4 Å². The number of hydrogen-bond donors (Lipinski definition) is 0. The van der Waals surface area contributed by atoms with Crippen molar-refractivity contribution in [2.24, 2.45) is 5.10 Å². The number of nitrogens with zero attached hydrogens (tertiary/aromatic N) is 4. The molecule has 0 unspecified atom stereocenters.